The Balaban J connectivity index is 1.92. The maximum Gasteiger partial charge on any atom is 0.129 e. The van der Waals surface area contributed by atoms with E-state index in [9.17, 15) is 0 Å². The molecule has 0 bridgehead atoms. The molecule has 17 heavy (non-hydrogen) atoms. The molecule has 0 aliphatic carbocycles. The second kappa shape index (κ2) is 5.77. The van der Waals surface area contributed by atoms with E-state index < -0.39 is 0 Å². The quantitative estimate of drug-likeness (QED) is 0.882. The molecule has 0 saturated heterocycles. The van der Waals surface area contributed by atoms with Gasteiger partial charge in [-0.25, -0.2) is 9.97 Å². The summed E-state index contributed by atoms with van der Waals surface area (Å²) in [6.07, 6.45) is 1.98. The van der Waals surface area contributed by atoms with Crippen molar-refractivity contribution in [2.45, 2.75) is 26.7 Å². The summed E-state index contributed by atoms with van der Waals surface area (Å²) in [6, 6.07) is 4.19. The van der Waals surface area contributed by atoms with Crippen LogP contribution in [0.3, 0.4) is 0 Å². The molecule has 0 fully saturated rings. The van der Waals surface area contributed by atoms with Crippen molar-refractivity contribution in [2.75, 3.05) is 11.9 Å². The summed E-state index contributed by atoms with van der Waals surface area (Å²) in [6.45, 7) is 4.95. The van der Waals surface area contributed by atoms with Gasteiger partial charge in [0, 0.05) is 18.3 Å². The first-order chi connectivity index (χ1) is 8.28. The standard InChI is InChI=1S/C13H17N3S/c1-3-12-8-13(16-10(2)15-12)14-6-4-11-5-7-17-9-11/h5,7-9H,3-4,6H2,1-2H3,(H,14,15,16). The molecule has 2 heterocycles. The molecule has 0 aromatic carbocycles. The van der Waals surface area contributed by atoms with Gasteiger partial charge in [0.2, 0.25) is 0 Å². The van der Waals surface area contributed by atoms with Crippen LogP contribution < -0.4 is 5.32 Å². The lowest BCUT2D eigenvalue weighted by atomic mass is 10.2. The van der Waals surface area contributed by atoms with Crippen molar-refractivity contribution in [3.8, 4) is 0 Å². The van der Waals surface area contributed by atoms with Crippen LogP contribution in [0, 0.1) is 6.92 Å². The Kier molecular flexibility index (Phi) is 4.09. The fourth-order valence-electron chi connectivity index (χ4n) is 1.67. The van der Waals surface area contributed by atoms with Crippen LogP contribution in [-0.4, -0.2) is 16.5 Å². The number of thiophene rings is 1. The fraction of sp³-hybridized carbons (Fsp3) is 0.385. The molecule has 4 heteroatoms. The lowest BCUT2D eigenvalue weighted by Crippen LogP contribution is -2.08. The zero-order chi connectivity index (χ0) is 12.1. The lowest BCUT2D eigenvalue weighted by molar-refractivity contribution is 0.933. The maximum absolute atomic E-state index is 4.38. The van der Waals surface area contributed by atoms with Crippen LogP contribution in [0.1, 0.15) is 24.0 Å². The Morgan fingerprint density at radius 2 is 2.24 bits per heavy atom. The van der Waals surface area contributed by atoms with Gasteiger partial charge < -0.3 is 5.32 Å². The van der Waals surface area contributed by atoms with Crippen LogP contribution in [0.5, 0.6) is 0 Å². The summed E-state index contributed by atoms with van der Waals surface area (Å²) in [7, 11) is 0. The molecule has 2 aromatic rings. The number of hydrogen-bond donors (Lipinski definition) is 1. The molecular weight excluding hydrogens is 230 g/mol. The average Bonchev–Trinajstić information content (AvgIpc) is 2.81. The molecule has 0 amide bonds. The SMILES string of the molecule is CCc1cc(NCCc2ccsc2)nc(C)n1. The molecule has 0 saturated carbocycles. The van der Waals surface area contributed by atoms with E-state index in [-0.39, 0.29) is 0 Å². The third-order valence-electron chi connectivity index (χ3n) is 2.55. The van der Waals surface area contributed by atoms with Gasteiger partial charge >= 0.3 is 0 Å². The summed E-state index contributed by atoms with van der Waals surface area (Å²) in [4.78, 5) is 8.74. The highest BCUT2D eigenvalue weighted by Gasteiger charge is 2.00. The molecule has 0 aliphatic heterocycles. The van der Waals surface area contributed by atoms with Gasteiger partial charge in [0.05, 0.1) is 0 Å². The van der Waals surface area contributed by atoms with E-state index in [4.69, 9.17) is 0 Å². The Labute approximate surface area is 106 Å². The number of aromatic nitrogens is 2. The minimum atomic E-state index is 0.836. The van der Waals surface area contributed by atoms with Crippen LogP contribution in [0.25, 0.3) is 0 Å². The molecule has 2 rings (SSSR count). The predicted molar refractivity (Wildman–Crippen MR) is 72.7 cm³/mol. The minimum Gasteiger partial charge on any atom is -0.370 e. The van der Waals surface area contributed by atoms with Gasteiger partial charge in [0.25, 0.3) is 0 Å². The molecule has 3 nitrogen and oxygen atoms in total. The van der Waals surface area contributed by atoms with Crippen LogP contribution in [0.4, 0.5) is 5.82 Å². The first-order valence-electron chi connectivity index (χ1n) is 5.87. The topological polar surface area (TPSA) is 37.8 Å². The first kappa shape index (κ1) is 12.0. The monoisotopic (exact) mass is 247 g/mol. The first-order valence-corrected chi connectivity index (χ1v) is 6.81. The van der Waals surface area contributed by atoms with E-state index in [1.807, 2.05) is 13.0 Å². The van der Waals surface area contributed by atoms with E-state index in [1.54, 1.807) is 11.3 Å². The molecule has 0 spiro atoms. The normalized spacial score (nSPS) is 10.5. The highest BCUT2D eigenvalue weighted by molar-refractivity contribution is 7.07. The van der Waals surface area contributed by atoms with Crippen LogP contribution in [0.15, 0.2) is 22.9 Å². The highest BCUT2D eigenvalue weighted by Crippen LogP contribution is 2.09. The summed E-state index contributed by atoms with van der Waals surface area (Å²) in [5, 5.41) is 7.65. The van der Waals surface area contributed by atoms with E-state index >= 15 is 0 Å². The van der Waals surface area contributed by atoms with Gasteiger partial charge in [-0.2, -0.15) is 11.3 Å². The zero-order valence-electron chi connectivity index (χ0n) is 10.2. The Morgan fingerprint density at radius 1 is 1.35 bits per heavy atom. The van der Waals surface area contributed by atoms with Gasteiger partial charge in [-0.3, -0.25) is 0 Å². The minimum absolute atomic E-state index is 0.836. The van der Waals surface area contributed by atoms with Crippen molar-refractivity contribution in [3.63, 3.8) is 0 Å². The van der Waals surface area contributed by atoms with E-state index in [2.05, 4.69) is 39.0 Å². The van der Waals surface area contributed by atoms with E-state index in [1.165, 1.54) is 5.56 Å². The number of nitrogens with zero attached hydrogens (tertiary/aromatic N) is 2. The van der Waals surface area contributed by atoms with Crippen LogP contribution in [-0.2, 0) is 12.8 Å². The van der Waals surface area contributed by atoms with E-state index in [0.717, 1.165) is 36.7 Å². The maximum atomic E-state index is 4.38. The number of nitrogens with one attached hydrogen (secondary N) is 1. The third-order valence-corrected chi connectivity index (χ3v) is 3.29. The zero-order valence-corrected chi connectivity index (χ0v) is 11.0. The largest absolute Gasteiger partial charge is 0.370 e. The molecule has 2 aromatic heterocycles. The van der Waals surface area contributed by atoms with Crippen molar-refractivity contribution in [1.29, 1.82) is 0 Å². The van der Waals surface area contributed by atoms with Gasteiger partial charge in [-0.1, -0.05) is 6.92 Å². The van der Waals surface area contributed by atoms with Crippen molar-refractivity contribution >= 4 is 17.2 Å². The summed E-state index contributed by atoms with van der Waals surface area (Å²) in [5.74, 6) is 1.77. The second-order valence-corrected chi connectivity index (χ2v) is 4.73. The molecule has 0 aliphatic rings. The molecular formula is C13H17N3S. The van der Waals surface area contributed by atoms with Gasteiger partial charge in [-0.05, 0) is 42.2 Å². The second-order valence-electron chi connectivity index (χ2n) is 3.95. The smallest absolute Gasteiger partial charge is 0.129 e. The molecule has 0 radical (unpaired) electrons. The number of aryl methyl sites for hydroxylation is 2. The lowest BCUT2D eigenvalue weighted by Gasteiger charge is -2.07. The molecule has 1 N–H and O–H groups in total. The average molecular weight is 247 g/mol. The van der Waals surface area contributed by atoms with Gasteiger partial charge in [0.15, 0.2) is 0 Å². The summed E-state index contributed by atoms with van der Waals surface area (Å²) in [5.41, 5.74) is 2.47. The number of hydrogen-bond acceptors (Lipinski definition) is 4. The third kappa shape index (κ3) is 3.53. The number of rotatable bonds is 5. The number of anilines is 1. The van der Waals surface area contributed by atoms with Crippen molar-refractivity contribution < 1.29 is 0 Å². The van der Waals surface area contributed by atoms with E-state index in [0.29, 0.717) is 0 Å². The summed E-state index contributed by atoms with van der Waals surface area (Å²) >= 11 is 1.74. The molecule has 0 unspecified atom stereocenters. The summed E-state index contributed by atoms with van der Waals surface area (Å²) < 4.78 is 0. The van der Waals surface area contributed by atoms with Crippen molar-refractivity contribution in [2.24, 2.45) is 0 Å². The Bertz CT molecular complexity index is 466. The Hall–Kier alpha value is -1.42. The molecule has 0 atom stereocenters. The molecule has 90 valence electrons. The highest BCUT2D eigenvalue weighted by atomic mass is 32.1. The van der Waals surface area contributed by atoms with Gasteiger partial charge in [-0.15, -0.1) is 0 Å². The van der Waals surface area contributed by atoms with Crippen LogP contribution in [0.2, 0.25) is 0 Å². The predicted octanol–water partition coefficient (Wildman–Crippen LogP) is 3.06. The van der Waals surface area contributed by atoms with Gasteiger partial charge in [0.1, 0.15) is 11.6 Å². The Morgan fingerprint density at radius 3 is 2.94 bits per heavy atom. The fourth-order valence-corrected chi connectivity index (χ4v) is 2.37. The van der Waals surface area contributed by atoms with Crippen molar-refractivity contribution in [1.82, 2.24) is 9.97 Å². The van der Waals surface area contributed by atoms with Crippen LogP contribution >= 0.6 is 11.3 Å². The van der Waals surface area contributed by atoms with Crippen molar-refractivity contribution in [3.05, 3.63) is 40.0 Å².